The van der Waals surface area contributed by atoms with Gasteiger partial charge < -0.3 is 9.26 Å². The second-order valence-corrected chi connectivity index (χ2v) is 9.40. The van der Waals surface area contributed by atoms with Crippen molar-refractivity contribution in [2.45, 2.75) is 30.5 Å². The lowest BCUT2D eigenvalue weighted by Gasteiger charge is -2.12. The fourth-order valence-corrected chi connectivity index (χ4v) is 4.91. The van der Waals surface area contributed by atoms with Crippen molar-refractivity contribution in [2.24, 2.45) is 0 Å². The first kappa shape index (κ1) is 22.9. The summed E-state index contributed by atoms with van der Waals surface area (Å²) < 4.78 is 12.2. The van der Waals surface area contributed by atoms with E-state index in [1.54, 1.807) is 18.9 Å². The molecular formula is C28H25N3O3S. The van der Waals surface area contributed by atoms with Gasteiger partial charge in [-0.05, 0) is 42.3 Å². The van der Waals surface area contributed by atoms with E-state index in [-0.39, 0.29) is 12.1 Å². The van der Waals surface area contributed by atoms with Crippen LogP contribution in [0.5, 0.6) is 5.75 Å². The number of hydrogen-bond acceptors (Lipinski definition) is 6. The van der Waals surface area contributed by atoms with Gasteiger partial charge in [0, 0.05) is 28.5 Å². The first-order valence-electron chi connectivity index (χ1n) is 11.3. The van der Waals surface area contributed by atoms with Crippen LogP contribution in [-0.2, 0) is 18.7 Å². The lowest BCUT2D eigenvalue weighted by molar-refractivity contribution is 0.365. The molecule has 0 N–H and O–H groups in total. The summed E-state index contributed by atoms with van der Waals surface area (Å²) in [5.41, 5.74) is 3.74. The molecule has 2 aromatic heterocycles. The highest BCUT2D eigenvalue weighted by molar-refractivity contribution is 7.98. The van der Waals surface area contributed by atoms with Crippen LogP contribution in [-0.4, -0.2) is 22.0 Å². The second-order valence-electron chi connectivity index (χ2n) is 8.35. The Labute approximate surface area is 207 Å². The highest BCUT2D eigenvalue weighted by Gasteiger charge is 2.14. The summed E-state index contributed by atoms with van der Waals surface area (Å²) >= 11 is 1.71. The molecule has 0 saturated carbocycles. The smallest absolute Gasteiger partial charge is 0.275 e. The average molecular weight is 484 g/mol. The standard InChI is InChI=1S/C28H25N3O3S/c1-19-13-23(34-30-19)17-31-28(32)26-16-24(35-18-20-7-4-3-5-8-20)11-12-25(26)27(29-31)15-21-9-6-10-22(14-21)33-2/h3-14,16H,15,17-18H2,1-2H3. The molecule has 0 atom stereocenters. The molecule has 7 heteroatoms. The predicted molar refractivity (Wildman–Crippen MR) is 138 cm³/mol. The molecule has 3 aromatic carbocycles. The number of nitrogens with zero attached hydrogens (tertiary/aromatic N) is 3. The Morgan fingerprint density at radius 2 is 1.77 bits per heavy atom. The molecule has 0 bridgehead atoms. The van der Waals surface area contributed by atoms with Crippen LogP contribution in [0.2, 0.25) is 0 Å². The van der Waals surface area contributed by atoms with E-state index in [1.807, 2.05) is 67.6 Å². The van der Waals surface area contributed by atoms with Crippen molar-refractivity contribution in [1.82, 2.24) is 14.9 Å². The Morgan fingerprint density at radius 1 is 0.943 bits per heavy atom. The maximum atomic E-state index is 13.5. The van der Waals surface area contributed by atoms with Crippen molar-refractivity contribution in [3.05, 3.63) is 117 Å². The summed E-state index contributed by atoms with van der Waals surface area (Å²) in [6.45, 7) is 2.08. The quantitative estimate of drug-likeness (QED) is 0.266. The molecule has 5 rings (SSSR count). The molecule has 0 aliphatic rings. The number of hydrogen-bond donors (Lipinski definition) is 0. The molecule has 5 aromatic rings. The number of benzene rings is 3. The van der Waals surface area contributed by atoms with Crippen LogP contribution < -0.4 is 10.3 Å². The van der Waals surface area contributed by atoms with Gasteiger partial charge in [0.1, 0.15) is 12.3 Å². The van der Waals surface area contributed by atoms with Gasteiger partial charge in [0.15, 0.2) is 5.76 Å². The Bertz CT molecular complexity index is 1530. The van der Waals surface area contributed by atoms with Gasteiger partial charge in [-0.3, -0.25) is 4.79 Å². The van der Waals surface area contributed by atoms with E-state index in [0.717, 1.165) is 38.7 Å². The number of thioether (sulfide) groups is 1. The monoisotopic (exact) mass is 483 g/mol. The van der Waals surface area contributed by atoms with E-state index in [4.69, 9.17) is 14.4 Å². The second kappa shape index (κ2) is 10.2. The predicted octanol–water partition coefficient (Wildman–Crippen LogP) is 5.63. The first-order valence-corrected chi connectivity index (χ1v) is 12.3. The third-order valence-corrected chi connectivity index (χ3v) is 6.81. The van der Waals surface area contributed by atoms with Crippen LogP contribution in [0.15, 0.2) is 93.1 Å². The van der Waals surface area contributed by atoms with Crippen LogP contribution in [0.4, 0.5) is 0 Å². The maximum Gasteiger partial charge on any atom is 0.275 e. The molecular weight excluding hydrogens is 458 g/mol. The molecule has 0 amide bonds. The summed E-state index contributed by atoms with van der Waals surface area (Å²) in [6.07, 6.45) is 0.569. The fourth-order valence-electron chi connectivity index (χ4n) is 4.02. The Balaban J connectivity index is 1.55. The zero-order valence-corrected chi connectivity index (χ0v) is 20.4. The Morgan fingerprint density at radius 3 is 2.54 bits per heavy atom. The molecule has 176 valence electrons. The van der Waals surface area contributed by atoms with Gasteiger partial charge in [-0.1, -0.05) is 53.7 Å². The average Bonchev–Trinajstić information content (AvgIpc) is 3.30. The van der Waals surface area contributed by atoms with E-state index >= 15 is 0 Å². The zero-order valence-electron chi connectivity index (χ0n) is 19.6. The van der Waals surface area contributed by atoms with Crippen molar-refractivity contribution in [3.63, 3.8) is 0 Å². The molecule has 0 spiro atoms. The molecule has 0 saturated heterocycles. The van der Waals surface area contributed by atoms with Crippen LogP contribution >= 0.6 is 11.8 Å². The number of fused-ring (bicyclic) bond motifs is 1. The zero-order chi connectivity index (χ0) is 24.2. The van der Waals surface area contributed by atoms with Gasteiger partial charge >= 0.3 is 0 Å². The fraction of sp³-hybridized carbons (Fsp3) is 0.179. The third kappa shape index (κ3) is 5.30. The van der Waals surface area contributed by atoms with Gasteiger partial charge in [0.25, 0.3) is 5.56 Å². The number of methoxy groups -OCH3 is 1. The lowest BCUT2D eigenvalue weighted by Crippen LogP contribution is -2.25. The van der Waals surface area contributed by atoms with E-state index < -0.39 is 0 Å². The van der Waals surface area contributed by atoms with E-state index in [0.29, 0.717) is 17.6 Å². The minimum Gasteiger partial charge on any atom is -0.497 e. The summed E-state index contributed by atoms with van der Waals surface area (Å²) in [6, 6.07) is 26.1. The summed E-state index contributed by atoms with van der Waals surface area (Å²) in [4.78, 5) is 14.5. The van der Waals surface area contributed by atoms with Crippen LogP contribution in [0.1, 0.15) is 28.3 Å². The van der Waals surface area contributed by atoms with E-state index in [1.165, 1.54) is 10.2 Å². The molecule has 0 unspecified atom stereocenters. The summed E-state index contributed by atoms with van der Waals surface area (Å²) in [7, 11) is 1.65. The van der Waals surface area contributed by atoms with Crippen molar-refractivity contribution in [2.75, 3.05) is 7.11 Å². The molecule has 0 fully saturated rings. The molecule has 6 nitrogen and oxygen atoms in total. The number of aryl methyl sites for hydroxylation is 1. The summed E-state index contributed by atoms with van der Waals surface area (Å²) in [5, 5.41) is 10.2. The van der Waals surface area contributed by atoms with Gasteiger partial charge in [-0.15, -0.1) is 11.8 Å². The van der Waals surface area contributed by atoms with E-state index in [9.17, 15) is 4.79 Å². The van der Waals surface area contributed by atoms with Gasteiger partial charge in [-0.2, -0.15) is 5.10 Å². The topological polar surface area (TPSA) is 70.2 Å². The van der Waals surface area contributed by atoms with Crippen molar-refractivity contribution >= 4 is 22.5 Å². The van der Waals surface area contributed by atoms with Gasteiger partial charge in [-0.25, -0.2) is 4.68 Å². The van der Waals surface area contributed by atoms with Crippen LogP contribution in [0, 0.1) is 6.92 Å². The largest absolute Gasteiger partial charge is 0.497 e. The number of aromatic nitrogens is 3. The molecule has 2 heterocycles. The first-order chi connectivity index (χ1) is 17.1. The maximum absolute atomic E-state index is 13.5. The molecule has 0 aliphatic heterocycles. The van der Waals surface area contributed by atoms with Crippen molar-refractivity contribution < 1.29 is 9.26 Å². The Kier molecular flexibility index (Phi) is 6.68. The number of ether oxygens (including phenoxy) is 1. The third-order valence-electron chi connectivity index (χ3n) is 5.74. The Hall–Kier alpha value is -3.84. The minimum absolute atomic E-state index is 0.148. The highest BCUT2D eigenvalue weighted by atomic mass is 32.2. The highest BCUT2D eigenvalue weighted by Crippen LogP contribution is 2.27. The molecule has 0 aliphatic carbocycles. The van der Waals surface area contributed by atoms with Crippen molar-refractivity contribution in [1.29, 1.82) is 0 Å². The van der Waals surface area contributed by atoms with Crippen LogP contribution in [0.25, 0.3) is 10.8 Å². The van der Waals surface area contributed by atoms with Gasteiger partial charge in [0.05, 0.1) is 23.9 Å². The van der Waals surface area contributed by atoms with Crippen LogP contribution in [0.3, 0.4) is 0 Å². The molecule has 0 radical (unpaired) electrons. The number of rotatable bonds is 8. The SMILES string of the molecule is COc1cccc(Cc2nn(Cc3cc(C)no3)c(=O)c3cc(SCc4ccccc4)ccc23)c1. The summed E-state index contributed by atoms with van der Waals surface area (Å²) in [5.74, 6) is 2.22. The van der Waals surface area contributed by atoms with Crippen molar-refractivity contribution in [3.8, 4) is 5.75 Å². The lowest BCUT2D eigenvalue weighted by atomic mass is 10.0. The van der Waals surface area contributed by atoms with E-state index in [2.05, 4.69) is 23.4 Å². The van der Waals surface area contributed by atoms with Gasteiger partial charge in [0.2, 0.25) is 0 Å². The minimum atomic E-state index is -0.148. The normalized spacial score (nSPS) is 11.1. The molecule has 35 heavy (non-hydrogen) atoms.